The number of benzene rings is 2. The van der Waals surface area contributed by atoms with Gasteiger partial charge in [0.2, 0.25) is 0 Å². The Balaban J connectivity index is 1.80. The van der Waals surface area contributed by atoms with Crippen molar-refractivity contribution in [1.82, 2.24) is 9.97 Å². The maximum absolute atomic E-state index is 4.31. The van der Waals surface area contributed by atoms with E-state index in [9.17, 15) is 0 Å². The quantitative estimate of drug-likeness (QED) is 0.771. The summed E-state index contributed by atoms with van der Waals surface area (Å²) in [6.45, 7) is 2.95. The Morgan fingerprint density at radius 2 is 1.74 bits per heavy atom. The van der Waals surface area contributed by atoms with Crippen LogP contribution in [0.3, 0.4) is 0 Å². The smallest absolute Gasteiger partial charge is 0.0907 e. The van der Waals surface area contributed by atoms with Crippen molar-refractivity contribution in [3.63, 3.8) is 0 Å². The molecule has 2 aromatic carbocycles. The molecule has 0 aliphatic heterocycles. The summed E-state index contributed by atoms with van der Waals surface area (Å²) < 4.78 is 0. The molecule has 0 saturated carbocycles. The highest BCUT2D eigenvalue weighted by molar-refractivity contribution is 5.78. The van der Waals surface area contributed by atoms with E-state index in [-0.39, 0.29) is 0 Å². The van der Waals surface area contributed by atoms with Crippen molar-refractivity contribution in [2.24, 2.45) is 0 Å². The molecule has 0 radical (unpaired) electrons. The zero-order chi connectivity index (χ0) is 13.1. The van der Waals surface area contributed by atoms with Gasteiger partial charge in [0.05, 0.1) is 11.0 Å². The fourth-order valence-corrected chi connectivity index (χ4v) is 2.08. The second-order valence-corrected chi connectivity index (χ2v) is 4.54. The Bertz CT molecular complexity index is 707. The van der Waals surface area contributed by atoms with Gasteiger partial charge in [-0.3, -0.25) is 9.97 Å². The van der Waals surface area contributed by atoms with Crippen LogP contribution in [-0.2, 0) is 6.54 Å². The molecular weight excluding hydrogens is 234 g/mol. The van der Waals surface area contributed by atoms with Crippen molar-refractivity contribution in [3.8, 4) is 0 Å². The molecule has 3 aromatic rings. The zero-order valence-corrected chi connectivity index (χ0v) is 10.8. The summed E-state index contributed by atoms with van der Waals surface area (Å²) in [5.41, 5.74) is 5.51. The molecule has 3 rings (SSSR count). The van der Waals surface area contributed by atoms with Crippen LogP contribution in [0.4, 0.5) is 5.69 Å². The Hall–Kier alpha value is -2.42. The fraction of sp³-hybridized carbons (Fsp3) is 0.125. The third-order valence-corrected chi connectivity index (χ3v) is 3.21. The minimum Gasteiger partial charge on any atom is -0.381 e. The molecule has 0 bridgehead atoms. The summed E-state index contributed by atoms with van der Waals surface area (Å²) >= 11 is 0. The molecule has 0 aliphatic rings. The molecule has 19 heavy (non-hydrogen) atoms. The summed E-state index contributed by atoms with van der Waals surface area (Å²) in [6, 6.07) is 14.4. The molecule has 0 unspecified atom stereocenters. The Labute approximate surface area is 112 Å². The first kappa shape index (κ1) is 11.7. The van der Waals surface area contributed by atoms with Crippen molar-refractivity contribution in [3.05, 3.63) is 66.0 Å². The van der Waals surface area contributed by atoms with E-state index >= 15 is 0 Å². The molecule has 1 heterocycles. The van der Waals surface area contributed by atoms with Crippen LogP contribution in [0.15, 0.2) is 54.9 Å². The normalized spacial score (nSPS) is 10.6. The lowest BCUT2D eigenvalue weighted by molar-refractivity contribution is 1.12. The van der Waals surface area contributed by atoms with E-state index in [0.717, 1.165) is 23.3 Å². The maximum Gasteiger partial charge on any atom is 0.0907 e. The first-order chi connectivity index (χ1) is 9.33. The number of hydrogen-bond acceptors (Lipinski definition) is 3. The Morgan fingerprint density at radius 3 is 2.58 bits per heavy atom. The first-order valence-electron chi connectivity index (χ1n) is 6.32. The van der Waals surface area contributed by atoms with E-state index < -0.39 is 0 Å². The van der Waals surface area contributed by atoms with Gasteiger partial charge >= 0.3 is 0 Å². The molecule has 0 atom stereocenters. The van der Waals surface area contributed by atoms with Crippen molar-refractivity contribution in [1.29, 1.82) is 0 Å². The van der Waals surface area contributed by atoms with Gasteiger partial charge in [-0.1, -0.05) is 24.3 Å². The Kier molecular flexibility index (Phi) is 3.11. The number of nitrogens with one attached hydrogen (secondary N) is 1. The Morgan fingerprint density at radius 1 is 0.947 bits per heavy atom. The van der Waals surface area contributed by atoms with Gasteiger partial charge in [-0.05, 0) is 36.2 Å². The first-order valence-corrected chi connectivity index (χ1v) is 6.32. The van der Waals surface area contributed by atoms with Crippen LogP contribution in [0.1, 0.15) is 11.1 Å². The standard InChI is InChI=1S/C16H15N3/c1-12-4-2-3-5-13(12)11-19-14-6-7-15-16(10-14)18-9-8-17-15/h2-10,19H,11H2,1H3. The summed E-state index contributed by atoms with van der Waals surface area (Å²) in [7, 11) is 0. The van der Waals surface area contributed by atoms with Crippen LogP contribution in [0.5, 0.6) is 0 Å². The number of hydrogen-bond donors (Lipinski definition) is 1. The topological polar surface area (TPSA) is 37.8 Å². The highest BCUT2D eigenvalue weighted by Crippen LogP contribution is 2.16. The molecule has 0 amide bonds. The lowest BCUT2D eigenvalue weighted by atomic mass is 10.1. The molecule has 0 spiro atoms. The van der Waals surface area contributed by atoms with Crippen molar-refractivity contribution in [2.45, 2.75) is 13.5 Å². The molecule has 3 heteroatoms. The van der Waals surface area contributed by atoms with E-state index in [1.54, 1.807) is 12.4 Å². The van der Waals surface area contributed by atoms with E-state index in [2.05, 4.69) is 46.5 Å². The number of fused-ring (bicyclic) bond motifs is 1. The van der Waals surface area contributed by atoms with E-state index in [1.165, 1.54) is 11.1 Å². The van der Waals surface area contributed by atoms with Gasteiger partial charge in [0.1, 0.15) is 0 Å². The lowest BCUT2D eigenvalue weighted by Gasteiger charge is -2.09. The lowest BCUT2D eigenvalue weighted by Crippen LogP contribution is -2.01. The molecule has 1 aromatic heterocycles. The average Bonchev–Trinajstić information content (AvgIpc) is 2.46. The highest BCUT2D eigenvalue weighted by atomic mass is 14.9. The van der Waals surface area contributed by atoms with Gasteiger partial charge in [0.25, 0.3) is 0 Å². The third kappa shape index (κ3) is 2.55. The second kappa shape index (κ2) is 5.06. The van der Waals surface area contributed by atoms with Gasteiger partial charge in [-0.25, -0.2) is 0 Å². The third-order valence-electron chi connectivity index (χ3n) is 3.21. The highest BCUT2D eigenvalue weighted by Gasteiger charge is 1.99. The SMILES string of the molecule is Cc1ccccc1CNc1ccc2nccnc2c1. The summed E-state index contributed by atoms with van der Waals surface area (Å²) in [6.07, 6.45) is 3.43. The van der Waals surface area contributed by atoms with Crippen LogP contribution in [0, 0.1) is 6.92 Å². The number of nitrogens with zero attached hydrogens (tertiary/aromatic N) is 2. The molecule has 3 nitrogen and oxygen atoms in total. The predicted octanol–water partition coefficient (Wildman–Crippen LogP) is 3.55. The second-order valence-electron chi connectivity index (χ2n) is 4.54. The molecule has 0 saturated heterocycles. The molecule has 0 fully saturated rings. The van der Waals surface area contributed by atoms with Gasteiger partial charge in [-0.15, -0.1) is 0 Å². The van der Waals surface area contributed by atoms with Gasteiger partial charge in [-0.2, -0.15) is 0 Å². The number of anilines is 1. The zero-order valence-electron chi connectivity index (χ0n) is 10.8. The minimum absolute atomic E-state index is 0.818. The summed E-state index contributed by atoms with van der Waals surface area (Å²) in [4.78, 5) is 8.58. The molecule has 0 aliphatic carbocycles. The van der Waals surface area contributed by atoms with Crippen molar-refractivity contribution in [2.75, 3.05) is 5.32 Å². The fourth-order valence-electron chi connectivity index (χ4n) is 2.08. The number of rotatable bonds is 3. The van der Waals surface area contributed by atoms with Crippen molar-refractivity contribution >= 4 is 16.7 Å². The van der Waals surface area contributed by atoms with Crippen LogP contribution in [0.2, 0.25) is 0 Å². The van der Waals surface area contributed by atoms with Crippen LogP contribution < -0.4 is 5.32 Å². The van der Waals surface area contributed by atoms with E-state index in [4.69, 9.17) is 0 Å². The summed E-state index contributed by atoms with van der Waals surface area (Å²) in [5.74, 6) is 0. The minimum atomic E-state index is 0.818. The van der Waals surface area contributed by atoms with E-state index in [0.29, 0.717) is 0 Å². The summed E-state index contributed by atoms with van der Waals surface area (Å²) in [5, 5.41) is 3.43. The van der Waals surface area contributed by atoms with E-state index in [1.807, 2.05) is 18.2 Å². The van der Waals surface area contributed by atoms with Gasteiger partial charge in [0, 0.05) is 24.6 Å². The number of aromatic nitrogens is 2. The maximum atomic E-state index is 4.31. The molecule has 94 valence electrons. The number of aryl methyl sites for hydroxylation is 1. The predicted molar refractivity (Wildman–Crippen MR) is 78.0 cm³/mol. The molecular formula is C16H15N3. The van der Waals surface area contributed by atoms with Gasteiger partial charge < -0.3 is 5.32 Å². The van der Waals surface area contributed by atoms with Crippen molar-refractivity contribution < 1.29 is 0 Å². The monoisotopic (exact) mass is 249 g/mol. The van der Waals surface area contributed by atoms with Gasteiger partial charge in [0.15, 0.2) is 0 Å². The largest absolute Gasteiger partial charge is 0.381 e. The van der Waals surface area contributed by atoms with Crippen LogP contribution in [0.25, 0.3) is 11.0 Å². The van der Waals surface area contributed by atoms with Crippen LogP contribution >= 0.6 is 0 Å². The molecule has 1 N–H and O–H groups in total. The van der Waals surface area contributed by atoms with Crippen LogP contribution in [-0.4, -0.2) is 9.97 Å². The average molecular weight is 249 g/mol.